The molecule has 0 fully saturated rings. The van der Waals surface area contributed by atoms with Gasteiger partial charge < -0.3 is 5.32 Å². The summed E-state index contributed by atoms with van der Waals surface area (Å²) in [4.78, 5) is 12.0. The second-order valence-electron chi connectivity index (χ2n) is 3.70. The minimum absolute atomic E-state index is 0.0468. The Morgan fingerprint density at radius 3 is 2.82 bits per heavy atom. The summed E-state index contributed by atoms with van der Waals surface area (Å²) in [6.45, 7) is 2.60. The predicted octanol–water partition coefficient (Wildman–Crippen LogP) is 1.86. The van der Waals surface area contributed by atoms with Gasteiger partial charge in [0.05, 0.1) is 17.6 Å². The van der Waals surface area contributed by atoms with Crippen LogP contribution < -0.4 is 5.32 Å². The molecule has 0 amide bonds. The van der Waals surface area contributed by atoms with Crippen molar-refractivity contribution >= 4 is 0 Å². The van der Waals surface area contributed by atoms with Gasteiger partial charge in [0.25, 0.3) is 0 Å². The minimum atomic E-state index is -0.322. The molecule has 0 radical (unpaired) electrons. The molecular weight excluding hydrogens is 219 g/mol. The predicted molar refractivity (Wildman–Crippen MR) is 61.5 cm³/mol. The summed E-state index contributed by atoms with van der Waals surface area (Å²) in [5, 5.41) is 3.26. The van der Waals surface area contributed by atoms with Gasteiger partial charge in [-0.25, -0.2) is 14.4 Å². The van der Waals surface area contributed by atoms with E-state index in [4.69, 9.17) is 0 Å². The minimum Gasteiger partial charge on any atom is -0.303 e. The Labute approximate surface area is 99.0 Å². The fraction of sp³-hybridized carbons (Fsp3) is 0.250. The Kier molecular flexibility index (Phi) is 3.72. The zero-order chi connectivity index (χ0) is 12.1. The van der Waals surface area contributed by atoms with Crippen molar-refractivity contribution < 1.29 is 4.39 Å². The van der Waals surface area contributed by atoms with E-state index in [1.807, 2.05) is 13.0 Å². The third-order valence-electron chi connectivity index (χ3n) is 2.43. The summed E-state index contributed by atoms with van der Waals surface area (Å²) in [5.41, 5.74) is 1.72. The van der Waals surface area contributed by atoms with Crippen LogP contribution in [0.15, 0.2) is 36.9 Å². The molecule has 1 atom stereocenters. The van der Waals surface area contributed by atoms with Crippen LogP contribution in [0.4, 0.5) is 4.39 Å². The molecule has 17 heavy (non-hydrogen) atoms. The molecule has 0 aromatic carbocycles. The van der Waals surface area contributed by atoms with Gasteiger partial charge >= 0.3 is 0 Å². The monoisotopic (exact) mass is 232 g/mol. The summed E-state index contributed by atoms with van der Waals surface area (Å²) in [7, 11) is 0. The summed E-state index contributed by atoms with van der Waals surface area (Å²) >= 11 is 0. The fourth-order valence-electron chi connectivity index (χ4n) is 1.43. The number of nitrogens with zero attached hydrogens (tertiary/aromatic N) is 3. The van der Waals surface area contributed by atoms with Crippen LogP contribution in [0.5, 0.6) is 0 Å². The number of nitrogens with one attached hydrogen (secondary N) is 1. The van der Waals surface area contributed by atoms with Crippen molar-refractivity contribution in [3.8, 4) is 0 Å². The second-order valence-corrected chi connectivity index (χ2v) is 3.70. The van der Waals surface area contributed by atoms with Gasteiger partial charge in [0.15, 0.2) is 0 Å². The quantitative estimate of drug-likeness (QED) is 0.874. The zero-order valence-electron chi connectivity index (χ0n) is 9.47. The van der Waals surface area contributed by atoms with E-state index < -0.39 is 0 Å². The van der Waals surface area contributed by atoms with Crippen molar-refractivity contribution in [1.82, 2.24) is 20.3 Å². The average molecular weight is 232 g/mol. The van der Waals surface area contributed by atoms with E-state index in [1.54, 1.807) is 12.3 Å². The smallest absolute Gasteiger partial charge is 0.141 e. The molecule has 0 aliphatic carbocycles. The van der Waals surface area contributed by atoms with E-state index >= 15 is 0 Å². The molecule has 0 saturated carbocycles. The fourth-order valence-corrected chi connectivity index (χ4v) is 1.43. The molecule has 88 valence electrons. The Morgan fingerprint density at radius 1 is 1.29 bits per heavy atom. The first-order chi connectivity index (χ1) is 8.25. The first-order valence-corrected chi connectivity index (χ1v) is 5.35. The molecule has 2 aromatic heterocycles. The first-order valence-electron chi connectivity index (χ1n) is 5.35. The maximum Gasteiger partial charge on any atom is 0.141 e. The Morgan fingerprint density at radius 2 is 2.18 bits per heavy atom. The SMILES string of the molecule is CC(NCc1ccncn1)c1ccc(F)cn1. The standard InChI is InChI=1S/C12H13FN4/c1-9(12-3-2-10(13)6-16-12)15-7-11-4-5-14-8-17-11/h2-6,8-9,15H,7H2,1H3. The van der Waals surface area contributed by atoms with Crippen molar-refractivity contribution in [3.63, 3.8) is 0 Å². The van der Waals surface area contributed by atoms with Gasteiger partial charge in [-0.05, 0) is 25.1 Å². The lowest BCUT2D eigenvalue weighted by molar-refractivity contribution is 0.548. The highest BCUT2D eigenvalue weighted by Crippen LogP contribution is 2.09. The maximum atomic E-state index is 12.7. The van der Waals surface area contributed by atoms with Gasteiger partial charge in [0, 0.05) is 18.8 Å². The van der Waals surface area contributed by atoms with Crippen molar-refractivity contribution in [2.45, 2.75) is 19.5 Å². The molecule has 0 aliphatic rings. The van der Waals surface area contributed by atoms with Gasteiger partial charge in [-0.2, -0.15) is 0 Å². The normalized spacial score (nSPS) is 12.4. The third-order valence-corrected chi connectivity index (χ3v) is 2.43. The van der Waals surface area contributed by atoms with E-state index in [0.717, 1.165) is 11.4 Å². The van der Waals surface area contributed by atoms with E-state index in [2.05, 4.69) is 20.3 Å². The molecule has 5 heteroatoms. The van der Waals surface area contributed by atoms with E-state index in [0.29, 0.717) is 6.54 Å². The van der Waals surface area contributed by atoms with Gasteiger partial charge in [-0.1, -0.05) is 0 Å². The van der Waals surface area contributed by atoms with Crippen LogP contribution >= 0.6 is 0 Å². The molecule has 1 N–H and O–H groups in total. The summed E-state index contributed by atoms with van der Waals surface area (Å²) in [5.74, 6) is -0.322. The van der Waals surface area contributed by atoms with Crippen LogP contribution in [-0.4, -0.2) is 15.0 Å². The molecule has 2 rings (SSSR count). The maximum absolute atomic E-state index is 12.7. The Balaban J connectivity index is 1.93. The number of halogens is 1. The highest BCUT2D eigenvalue weighted by molar-refractivity contribution is 5.09. The molecule has 2 heterocycles. The lowest BCUT2D eigenvalue weighted by Crippen LogP contribution is -2.19. The molecule has 0 saturated heterocycles. The van der Waals surface area contributed by atoms with Crippen LogP contribution in [0.25, 0.3) is 0 Å². The number of hydrogen-bond acceptors (Lipinski definition) is 4. The molecule has 1 unspecified atom stereocenters. The average Bonchev–Trinajstić information content (AvgIpc) is 2.38. The number of rotatable bonds is 4. The van der Waals surface area contributed by atoms with Crippen molar-refractivity contribution in [1.29, 1.82) is 0 Å². The van der Waals surface area contributed by atoms with Gasteiger partial charge in [0.2, 0.25) is 0 Å². The number of aromatic nitrogens is 3. The number of hydrogen-bond donors (Lipinski definition) is 1. The molecule has 0 spiro atoms. The highest BCUT2D eigenvalue weighted by Gasteiger charge is 2.06. The van der Waals surface area contributed by atoms with Gasteiger partial charge in [-0.3, -0.25) is 4.98 Å². The van der Waals surface area contributed by atoms with Crippen LogP contribution in [0.1, 0.15) is 24.4 Å². The molecule has 4 nitrogen and oxygen atoms in total. The first kappa shape index (κ1) is 11.6. The zero-order valence-corrected chi connectivity index (χ0v) is 9.47. The summed E-state index contributed by atoms with van der Waals surface area (Å²) in [6.07, 6.45) is 4.43. The van der Waals surface area contributed by atoms with Crippen LogP contribution in [0, 0.1) is 5.82 Å². The van der Waals surface area contributed by atoms with Crippen LogP contribution in [-0.2, 0) is 6.54 Å². The largest absolute Gasteiger partial charge is 0.303 e. The summed E-state index contributed by atoms with van der Waals surface area (Å²) < 4.78 is 12.7. The second kappa shape index (κ2) is 5.45. The van der Waals surface area contributed by atoms with Gasteiger partial charge in [-0.15, -0.1) is 0 Å². The van der Waals surface area contributed by atoms with Crippen molar-refractivity contribution in [2.24, 2.45) is 0 Å². The third kappa shape index (κ3) is 3.29. The Hall–Kier alpha value is -1.88. The highest BCUT2D eigenvalue weighted by atomic mass is 19.1. The molecule has 0 bridgehead atoms. The van der Waals surface area contributed by atoms with E-state index in [9.17, 15) is 4.39 Å². The molecule has 2 aromatic rings. The van der Waals surface area contributed by atoms with E-state index in [-0.39, 0.29) is 11.9 Å². The van der Waals surface area contributed by atoms with Crippen molar-refractivity contribution in [2.75, 3.05) is 0 Å². The van der Waals surface area contributed by atoms with Gasteiger partial charge in [0.1, 0.15) is 12.1 Å². The lowest BCUT2D eigenvalue weighted by atomic mass is 10.2. The Bertz CT molecular complexity index is 458. The van der Waals surface area contributed by atoms with Crippen LogP contribution in [0.2, 0.25) is 0 Å². The van der Waals surface area contributed by atoms with Crippen LogP contribution in [0.3, 0.4) is 0 Å². The van der Waals surface area contributed by atoms with Crippen molar-refractivity contribution in [3.05, 3.63) is 54.1 Å². The molecular formula is C12H13FN4. The number of pyridine rings is 1. The molecule has 0 aliphatic heterocycles. The topological polar surface area (TPSA) is 50.7 Å². The summed E-state index contributed by atoms with van der Waals surface area (Å²) in [6, 6.07) is 4.97. The lowest BCUT2D eigenvalue weighted by Gasteiger charge is -2.12. The van der Waals surface area contributed by atoms with E-state index in [1.165, 1.54) is 18.6 Å².